The largest absolute Gasteiger partial charge is 0.416 e. The van der Waals surface area contributed by atoms with Crippen LogP contribution in [0.5, 0.6) is 0 Å². The minimum Gasteiger partial charge on any atom is -0.346 e. The number of hydrogen-bond acceptors (Lipinski definition) is 5. The average Bonchev–Trinajstić information content (AvgIpc) is 3.40. The third kappa shape index (κ3) is 5.69. The van der Waals surface area contributed by atoms with Crippen LogP contribution in [-0.2, 0) is 23.7 Å². The predicted octanol–water partition coefficient (Wildman–Crippen LogP) is 5.73. The number of hydrogen-bond donors (Lipinski definition) is 0. The molecule has 0 radical (unpaired) electrons. The van der Waals surface area contributed by atoms with Gasteiger partial charge in [-0.05, 0) is 67.2 Å². The number of halogens is 6. The van der Waals surface area contributed by atoms with Gasteiger partial charge in [0.2, 0.25) is 0 Å². The Morgan fingerprint density at radius 1 is 1.05 bits per heavy atom. The van der Waals surface area contributed by atoms with Gasteiger partial charge >= 0.3 is 12.4 Å². The third-order valence-electron chi connectivity index (χ3n) is 6.71. The number of piperazine rings is 1. The van der Waals surface area contributed by atoms with Crippen molar-refractivity contribution >= 4 is 39.8 Å². The van der Waals surface area contributed by atoms with Crippen LogP contribution in [0.3, 0.4) is 0 Å². The number of aromatic nitrogens is 2. The van der Waals surface area contributed by atoms with Crippen molar-refractivity contribution in [1.82, 2.24) is 19.6 Å². The SMILES string of the molecule is CC1CN(C)CCN1C1=NC(=O)C(=Cc2ccc3c(cnn3Cc3ccc(C(F)(F)F)cc3C(F)(F)F)c2)S1. The van der Waals surface area contributed by atoms with Crippen molar-refractivity contribution in [2.24, 2.45) is 4.99 Å². The van der Waals surface area contributed by atoms with E-state index in [9.17, 15) is 31.1 Å². The third-order valence-corrected chi connectivity index (χ3v) is 7.73. The van der Waals surface area contributed by atoms with Crippen LogP contribution in [0.4, 0.5) is 26.3 Å². The number of benzene rings is 2. The first-order valence-corrected chi connectivity index (χ1v) is 12.8. The van der Waals surface area contributed by atoms with Gasteiger partial charge in [0, 0.05) is 31.1 Å². The van der Waals surface area contributed by atoms with Crippen molar-refractivity contribution in [2.75, 3.05) is 26.7 Å². The summed E-state index contributed by atoms with van der Waals surface area (Å²) in [7, 11) is 2.05. The van der Waals surface area contributed by atoms with E-state index in [0.717, 1.165) is 25.7 Å². The number of nitrogens with zero attached hydrogens (tertiary/aromatic N) is 5. The Bertz CT molecular complexity index is 1490. The lowest BCUT2D eigenvalue weighted by Gasteiger charge is -2.38. The maximum absolute atomic E-state index is 13.6. The summed E-state index contributed by atoms with van der Waals surface area (Å²) in [6.07, 6.45) is -6.69. The number of fused-ring (bicyclic) bond motifs is 1. The van der Waals surface area contributed by atoms with E-state index in [1.54, 1.807) is 24.3 Å². The monoisotopic (exact) mass is 567 g/mol. The summed E-state index contributed by atoms with van der Waals surface area (Å²) in [6.45, 7) is 4.22. The first kappa shape index (κ1) is 27.3. The fourth-order valence-corrected chi connectivity index (χ4v) is 5.78. The molecule has 0 aliphatic carbocycles. The molecule has 39 heavy (non-hydrogen) atoms. The van der Waals surface area contributed by atoms with Gasteiger partial charge in [-0.15, -0.1) is 0 Å². The van der Waals surface area contributed by atoms with Crippen LogP contribution < -0.4 is 0 Å². The zero-order chi connectivity index (χ0) is 28.1. The first-order chi connectivity index (χ1) is 18.3. The Labute approximate surface area is 224 Å². The number of amidine groups is 1. The number of amides is 1. The van der Waals surface area contributed by atoms with Crippen LogP contribution in [0, 0.1) is 0 Å². The summed E-state index contributed by atoms with van der Waals surface area (Å²) in [5.74, 6) is -0.334. The van der Waals surface area contributed by atoms with Crippen molar-refractivity contribution in [3.8, 4) is 0 Å². The zero-order valence-corrected chi connectivity index (χ0v) is 21.7. The van der Waals surface area contributed by atoms with Crippen LogP contribution in [0.15, 0.2) is 52.5 Å². The van der Waals surface area contributed by atoms with Crippen molar-refractivity contribution in [1.29, 1.82) is 0 Å². The Morgan fingerprint density at radius 3 is 2.51 bits per heavy atom. The number of carbonyl (C=O) groups excluding carboxylic acids is 1. The summed E-state index contributed by atoms with van der Waals surface area (Å²) in [5, 5.41) is 5.43. The highest BCUT2D eigenvalue weighted by Crippen LogP contribution is 2.38. The molecule has 1 aromatic heterocycles. The standard InChI is InChI=1S/C26H23F6N5OS/c1-15-13-35(2)7-8-36(15)24-34-23(38)22(39-24)10-16-3-6-21-18(9-16)12-33-37(21)14-17-4-5-19(25(27,28)29)11-20(17)26(30,31)32/h3-6,9-12,15H,7-8,13-14H2,1-2H3. The van der Waals surface area contributed by atoms with Crippen LogP contribution in [-0.4, -0.2) is 63.4 Å². The second-order valence-corrected chi connectivity index (χ2v) is 10.6. The summed E-state index contributed by atoms with van der Waals surface area (Å²) in [4.78, 5) is 21.6. The van der Waals surface area contributed by atoms with Gasteiger partial charge in [-0.1, -0.05) is 12.1 Å². The lowest BCUT2D eigenvalue weighted by molar-refractivity contribution is -0.143. The van der Waals surface area contributed by atoms with Gasteiger partial charge in [-0.3, -0.25) is 9.48 Å². The normalized spacial score (nSPS) is 20.4. The Morgan fingerprint density at radius 2 is 1.82 bits per heavy atom. The Kier molecular flexibility index (Phi) is 7.00. The van der Waals surface area contributed by atoms with E-state index >= 15 is 0 Å². The van der Waals surface area contributed by atoms with Crippen LogP contribution in [0.2, 0.25) is 0 Å². The van der Waals surface area contributed by atoms with Crippen molar-refractivity contribution < 1.29 is 31.1 Å². The molecule has 1 fully saturated rings. The summed E-state index contributed by atoms with van der Waals surface area (Å²) in [6, 6.07) is 6.91. The fourth-order valence-electron chi connectivity index (χ4n) is 4.73. The van der Waals surface area contributed by atoms with Crippen LogP contribution in [0.1, 0.15) is 29.2 Å². The maximum Gasteiger partial charge on any atom is 0.416 e. The molecule has 1 atom stereocenters. The smallest absolute Gasteiger partial charge is 0.346 e. The van der Waals surface area contributed by atoms with E-state index in [0.29, 0.717) is 32.6 Å². The van der Waals surface area contributed by atoms with Gasteiger partial charge in [0.25, 0.3) is 5.91 Å². The average molecular weight is 568 g/mol. The van der Waals surface area contributed by atoms with Gasteiger partial charge < -0.3 is 9.80 Å². The number of alkyl halides is 6. The predicted molar refractivity (Wildman–Crippen MR) is 137 cm³/mol. The molecule has 3 aromatic rings. The number of rotatable bonds is 3. The van der Waals surface area contributed by atoms with Gasteiger partial charge in [-0.25, -0.2) is 0 Å². The molecule has 3 heterocycles. The Balaban J connectivity index is 1.37. The highest BCUT2D eigenvalue weighted by molar-refractivity contribution is 8.18. The lowest BCUT2D eigenvalue weighted by Crippen LogP contribution is -2.51. The molecule has 1 amide bonds. The second kappa shape index (κ2) is 10.0. The molecular weight excluding hydrogens is 544 g/mol. The molecule has 0 N–H and O–H groups in total. The van der Waals surface area contributed by atoms with Gasteiger partial charge in [-0.2, -0.15) is 36.4 Å². The van der Waals surface area contributed by atoms with Crippen molar-refractivity contribution in [3.05, 3.63) is 69.8 Å². The van der Waals surface area contributed by atoms with Crippen LogP contribution >= 0.6 is 11.8 Å². The minimum atomic E-state index is -4.97. The molecule has 13 heteroatoms. The molecule has 1 saturated heterocycles. The molecule has 1 unspecified atom stereocenters. The fraction of sp³-hybridized carbons (Fsp3) is 0.346. The number of aliphatic imine (C=N–C) groups is 1. The molecule has 0 bridgehead atoms. The molecule has 0 saturated carbocycles. The molecule has 2 aliphatic rings. The van der Waals surface area contributed by atoms with Crippen molar-refractivity contribution in [2.45, 2.75) is 31.9 Å². The minimum absolute atomic E-state index is 0.126. The first-order valence-electron chi connectivity index (χ1n) is 12.0. The van der Waals surface area contributed by atoms with E-state index < -0.39 is 23.5 Å². The molecule has 0 spiro atoms. The second-order valence-electron chi connectivity index (χ2n) is 9.60. The highest BCUT2D eigenvalue weighted by Gasteiger charge is 2.38. The molecule has 2 aromatic carbocycles. The molecule has 2 aliphatic heterocycles. The maximum atomic E-state index is 13.6. The highest BCUT2D eigenvalue weighted by atomic mass is 32.2. The summed E-state index contributed by atoms with van der Waals surface area (Å²) in [5.41, 5.74) is -1.87. The summed E-state index contributed by atoms with van der Waals surface area (Å²) < 4.78 is 81.0. The quantitative estimate of drug-likeness (QED) is 0.299. The van der Waals surface area contributed by atoms with Crippen LogP contribution in [0.25, 0.3) is 17.0 Å². The van der Waals surface area contributed by atoms with E-state index in [2.05, 4.69) is 26.8 Å². The zero-order valence-electron chi connectivity index (χ0n) is 20.8. The van der Waals surface area contributed by atoms with Gasteiger partial charge in [0.1, 0.15) is 0 Å². The number of thioether (sulfide) groups is 1. The summed E-state index contributed by atoms with van der Waals surface area (Å²) >= 11 is 1.31. The Hall–Kier alpha value is -3.32. The van der Waals surface area contributed by atoms with E-state index in [1.165, 1.54) is 22.6 Å². The molecule has 5 rings (SSSR count). The van der Waals surface area contributed by atoms with E-state index in [-0.39, 0.29) is 30.1 Å². The van der Waals surface area contributed by atoms with Gasteiger partial charge in [0.15, 0.2) is 5.17 Å². The van der Waals surface area contributed by atoms with Gasteiger partial charge in [0.05, 0.1) is 34.3 Å². The van der Waals surface area contributed by atoms with Crippen molar-refractivity contribution in [3.63, 3.8) is 0 Å². The molecule has 6 nitrogen and oxygen atoms in total. The van der Waals surface area contributed by atoms with E-state index in [4.69, 9.17) is 0 Å². The molecular formula is C26H23F6N5OS. The topological polar surface area (TPSA) is 53.7 Å². The number of carbonyl (C=O) groups is 1. The molecule has 206 valence electrons. The van der Waals surface area contributed by atoms with E-state index in [1.807, 2.05) is 7.05 Å². The number of likely N-dealkylation sites (N-methyl/N-ethyl adjacent to an activating group) is 1. The lowest BCUT2D eigenvalue weighted by atomic mass is 10.0.